The lowest BCUT2D eigenvalue weighted by Gasteiger charge is -2.29. The number of rotatable bonds is 6. The first-order chi connectivity index (χ1) is 15.1. The van der Waals surface area contributed by atoms with Crippen LogP contribution in [0.3, 0.4) is 0 Å². The Kier molecular flexibility index (Phi) is 6.23. The summed E-state index contributed by atoms with van der Waals surface area (Å²) >= 11 is 1.31. The van der Waals surface area contributed by atoms with Crippen LogP contribution >= 0.6 is 11.3 Å². The lowest BCUT2D eigenvalue weighted by molar-refractivity contribution is -0.135. The van der Waals surface area contributed by atoms with Crippen LogP contribution in [0.2, 0.25) is 0 Å². The molecule has 2 heterocycles. The van der Waals surface area contributed by atoms with E-state index in [1.807, 2.05) is 53.9 Å². The van der Waals surface area contributed by atoms with Crippen molar-refractivity contribution in [2.75, 3.05) is 27.4 Å². The average molecular weight is 438 g/mol. The molecule has 0 N–H and O–H groups in total. The van der Waals surface area contributed by atoms with Gasteiger partial charge in [-0.2, -0.15) is 0 Å². The maximum atomic E-state index is 12.7. The van der Waals surface area contributed by atoms with Gasteiger partial charge in [-0.15, -0.1) is 11.3 Å². The van der Waals surface area contributed by atoms with Crippen LogP contribution in [0.5, 0.6) is 11.5 Å². The minimum absolute atomic E-state index is 0.216. The van der Waals surface area contributed by atoms with Crippen LogP contribution in [-0.4, -0.2) is 44.1 Å². The Balaban J connectivity index is 1.40. The Morgan fingerprint density at radius 1 is 1.00 bits per heavy atom. The fourth-order valence-electron chi connectivity index (χ4n) is 3.69. The van der Waals surface area contributed by atoms with Crippen LogP contribution in [0, 0.1) is 0 Å². The van der Waals surface area contributed by atoms with E-state index in [1.54, 1.807) is 19.1 Å². The van der Waals surface area contributed by atoms with Crippen LogP contribution in [0.1, 0.15) is 20.8 Å². The molecule has 1 aliphatic rings. The second-order valence-electron chi connectivity index (χ2n) is 7.15. The second-order valence-corrected chi connectivity index (χ2v) is 8.06. The molecule has 0 atom stereocenters. The van der Waals surface area contributed by atoms with E-state index >= 15 is 0 Å². The molecular weight excluding hydrogens is 414 g/mol. The van der Waals surface area contributed by atoms with Crippen LogP contribution < -0.4 is 9.47 Å². The molecule has 4 rings (SSSR count). The molecule has 1 aliphatic heterocycles. The van der Waals surface area contributed by atoms with Crippen LogP contribution in [0.4, 0.5) is 0 Å². The zero-order chi connectivity index (χ0) is 21.8. The van der Waals surface area contributed by atoms with Crippen molar-refractivity contribution < 1.29 is 23.8 Å². The van der Waals surface area contributed by atoms with Crippen molar-refractivity contribution in [3.63, 3.8) is 0 Å². The summed E-state index contributed by atoms with van der Waals surface area (Å²) in [4.78, 5) is 27.5. The van der Waals surface area contributed by atoms with Gasteiger partial charge in [-0.1, -0.05) is 30.3 Å². The van der Waals surface area contributed by atoms with Gasteiger partial charge in [0.25, 0.3) is 5.91 Å². The van der Waals surface area contributed by atoms with Gasteiger partial charge in [0.15, 0.2) is 18.1 Å². The Bertz CT molecular complexity index is 1090. The zero-order valence-corrected chi connectivity index (χ0v) is 18.2. The number of hydrogen-bond acceptors (Lipinski definition) is 6. The number of benzene rings is 2. The third-order valence-corrected chi connectivity index (χ3v) is 6.23. The van der Waals surface area contributed by atoms with Crippen molar-refractivity contribution in [3.8, 4) is 22.6 Å². The highest BCUT2D eigenvalue weighted by molar-refractivity contribution is 7.12. The van der Waals surface area contributed by atoms with Crippen LogP contribution in [0.25, 0.3) is 11.1 Å². The first-order valence-electron chi connectivity index (χ1n) is 9.92. The maximum Gasteiger partial charge on any atom is 0.349 e. The molecule has 160 valence electrons. The number of methoxy groups -OCH3 is 2. The number of fused-ring (bicyclic) bond motifs is 1. The molecule has 0 bridgehead atoms. The predicted molar refractivity (Wildman–Crippen MR) is 119 cm³/mol. The van der Waals surface area contributed by atoms with E-state index in [1.165, 1.54) is 11.3 Å². The van der Waals surface area contributed by atoms with Crippen LogP contribution in [-0.2, 0) is 22.5 Å². The van der Waals surface area contributed by atoms with Gasteiger partial charge in [0.1, 0.15) is 4.88 Å². The molecule has 0 saturated carbocycles. The van der Waals surface area contributed by atoms with Crippen molar-refractivity contribution in [1.82, 2.24) is 4.90 Å². The molecule has 3 aromatic rings. The summed E-state index contributed by atoms with van der Waals surface area (Å²) in [7, 11) is 3.19. The van der Waals surface area contributed by atoms with Crippen molar-refractivity contribution in [1.29, 1.82) is 0 Å². The summed E-state index contributed by atoms with van der Waals surface area (Å²) in [6, 6.07) is 15.4. The molecule has 0 aliphatic carbocycles. The Morgan fingerprint density at radius 3 is 2.42 bits per heavy atom. The van der Waals surface area contributed by atoms with Crippen molar-refractivity contribution >= 4 is 23.2 Å². The highest BCUT2D eigenvalue weighted by Gasteiger charge is 2.24. The molecule has 6 nitrogen and oxygen atoms in total. The fourth-order valence-corrected chi connectivity index (χ4v) is 4.50. The van der Waals surface area contributed by atoms with E-state index in [0.717, 1.165) is 22.3 Å². The van der Waals surface area contributed by atoms with E-state index in [-0.39, 0.29) is 12.5 Å². The molecule has 0 radical (unpaired) electrons. The minimum atomic E-state index is -0.481. The summed E-state index contributed by atoms with van der Waals surface area (Å²) in [5, 5.41) is 1.85. The van der Waals surface area contributed by atoms with Crippen molar-refractivity contribution in [2.24, 2.45) is 0 Å². The molecule has 0 saturated heterocycles. The van der Waals surface area contributed by atoms with Gasteiger partial charge in [0.05, 0.1) is 14.2 Å². The molecule has 1 amide bonds. The van der Waals surface area contributed by atoms with E-state index in [4.69, 9.17) is 14.2 Å². The minimum Gasteiger partial charge on any atom is -0.493 e. The molecular formula is C24H23NO5S. The number of hydrogen-bond donors (Lipinski definition) is 0. The van der Waals surface area contributed by atoms with Gasteiger partial charge in [0, 0.05) is 18.7 Å². The lowest BCUT2D eigenvalue weighted by Crippen LogP contribution is -2.38. The van der Waals surface area contributed by atoms with Gasteiger partial charge in [0.2, 0.25) is 0 Å². The average Bonchev–Trinajstić information content (AvgIpc) is 3.31. The monoisotopic (exact) mass is 437 g/mol. The summed E-state index contributed by atoms with van der Waals surface area (Å²) in [6.07, 6.45) is 0.707. The highest BCUT2D eigenvalue weighted by Crippen LogP contribution is 2.33. The normalized spacial score (nSPS) is 12.8. The summed E-state index contributed by atoms with van der Waals surface area (Å²) in [5.74, 6) is 0.617. The molecule has 0 unspecified atom stereocenters. The number of carbonyl (C=O) groups excluding carboxylic acids is 2. The van der Waals surface area contributed by atoms with Gasteiger partial charge < -0.3 is 19.1 Å². The highest BCUT2D eigenvalue weighted by atomic mass is 32.1. The number of ether oxygens (including phenoxy) is 3. The Hall–Kier alpha value is -3.32. The third kappa shape index (κ3) is 4.41. The molecule has 2 aromatic carbocycles. The van der Waals surface area contributed by atoms with Crippen LogP contribution in [0.15, 0.2) is 53.9 Å². The van der Waals surface area contributed by atoms with E-state index in [2.05, 4.69) is 0 Å². The molecule has 0 spiro atoms. The fraction of sp³-hybridized carbons (Fsp3) is 0.250. The van der Waals surface area contributed by atoms with Crippen molar-refractivity contribution in [3.05, 3.63) is 69.9 Å². The Labute approximate surface area is 185 Å². The molecule has 7 heteroatoms. The lowest BCUT2D eigenvalue weighted by atomic mass is 9.99. The summed E-state index contributed by atoms with van der Waals surface area (Å²) in [5.41, 5.74) is 3.90. The van der Waals surface area contributed by atoms with Gasteiger partial charge in [-0.05, 0) is 46.7 Å². The number of thiophene rings is 1. The number of esters is 1. The van der Waals surface area contributed by atoms with Crippen molar-refractivity contribution in [2.45, 2.75) is 13.0 Å². The molecule has 1 aromatic heterocycles. The summed E-state index contributed by atoms with van der Waals surface area (Å²) < 4.78 is 16.1. The van der Waals surface area contributed by atoms with E-state index < -0.39 is 5.97 Å². The maximum absolute atomic E-state index is 12.7. The number of nitrogens with zero attached hydrogens (tertiary/aromatic N) is 1. The number of amides is 1. The Morgan fingerprint density at radius 2 is 1.71 bits per heavy atom. The van der Waals surface area contributed by atoms with E-state index in [9.17, 15) is 9.59 Å². The largest absolute Gasteiger partial charge is 0.493 e. The smallest absolute Gasteiger partial charge is 0.349 e. The SMILES string of the molecule is COc1cc2c(cc1OC)CN(C(=O)COC(=O)c1sccc1-c1ccccc1)CC2. The van der Waals surface area contributed by atoms with Gasteiger partial charge in [-0.3, -0.25) is 4.79 Å². The topological polar surface area (TPSA) is 65.1 Å². The third-order valence-electron chi connectivity index (χ3n) is 5.33. The van der Waals surface area contributed by atoms with Gasteiger partial charge in [-0.25, -0.2) is 4.79 Å². The second kappa shape index (κ2) is 9.22. The number of carbonyl (C=O) groups is 2. The molecule has 31 heavy (non-hydrogen) atoms. The quantitative estimate of drug-likeness (QED) is 0.542. The first-order valence-corrected chi connectivity index (χ1v) is 10.8. The zero-order valence-electron chi connectivity index (χ0n) is 17.4. The predicted octanol–water partition coefficient (Wildman–Crippen LogP) is 4.17. The standard InChI is InChI=1S/C24H23NO5S/c1-28-20-12-17-8-10-25(14-18(17)13-21(20)29-2)22(26)15-30-24(27)23-19(9-11-31-23)16-6-4-3-5-7-16/h3-7,9,11-13H,8,10,14-15H2,1-2H3. The van der Waals surface area contributed by atoms with E-state index in [0.29, 0.717) is 35.9 Å². The summed E-state index contributed by atoms with van der Waals surface area (Å²) in [6.45, 7) is 0.723. The first kappa shape index (κ1) is 20.9. The molecule has 0 fully saturated rings. The van der Waals surface area contributed by atoms with Gasteiger partial charge >= 0.3 is 5.97 Å².